The summed E-state index contributed by atoms with van der Waals surface area (Å²) in [6, 6.07) is 14.4. The largest absolute Gasteiger partial charge is 0.467 e. The number of hydrogen-bond donors (Lipinski definition) is 1. The molecule has 0 radical (unpaired) electrons. The Morgan fingerprint density at radius 1 is 1.20 bits per heavy atom. The van der Waals surface area contributed by atoms with Crippen LogP contribution in [0.2, 0.25) is 0 Å². The number of hydrogen-bond acceptors (Lipinski definition) is 3. The van der Waals surface area contributed by atoms with Crippen LogP contribution in [0.3, 0.4) is 0 Å². The van der Waals surface area contributed by atoms with E-state index < -0.39 is 0 Å². The number of carbonyl (C=O) groups is 1. The number of nitrogens with zero attached hydrogens (tertiary/aromatic N) is 1. The van der Waals surface area contributed by atoms with E-state index in [0.717, 1.165) is 31.2 Å². The highest BCUT2D eigenvalue weighted by Crippen LogP contribution is 2.22. The van der Waals surface area contributed by atoms with Crippen LogP contribution in [0, 0.1) is 5.92 Å². The van der Waals surface area contributed by atoms with Crippen LogP contribution in [0.1, 0.15) is 43.6 Å². The molecule has 1 saturated heterocycles. The number of aryl methyl sites for hydroxylation is 1. The minimum Gasteiger partial charge on any atom is -0.467 e. The van der Waals surface area contributed by atoms with E-state index in [1.165, 1.54) is 24.8 Å². The molecule has 0 bridgehead atoms. The number of nitrogens with one attached hydrogen (secondary N) is 1. The first-order chi connectivity index (χ1) is 12.2. The molecule has 1 atom stereocenters. The second kappa shape index (κ2) is 8.86. The van der Waals surface area contributed by atoms with Crippen LogP contribution < -0.4 is 5.32 Å². The number of furan rings is 1. The molecule has 1 aliphatic heterocycles. The Kier molecular flexibility index (Phi) is 6.29. The topological polar surface area (TPSA) is 45.5 Å². The number of piperidine rings is 1. The molecule has 0 aliphatic carbocycles. The van der Waals surface area contributed by atoms with Crippen LogP contribution in [-0.2, 0) is 11.2 Å². The van der Waals surface area contributed by atoms with Gasteiger partial charge in [-0.05, 0) is 69.3 Å². The summed E-state index contributed by atoms with van der Waals surface area (Å²) >= 11 is 0. The fourth-order valence-corrected chi connectivity index (χ4v) is 3.55. The zero-order chi connectivity index (χ0) is 17.5. The van der Waals surface area contributed by atoms with Crippen LogP contribution in [-0.4, -0.2) is 30.4 Å². The zero-order valence-electron chi connectivity index (χ0n) is 15.0. The van der Waals surface area contributed by atoms with E-state index in [-0.39, 0.29) is 11.9 Å². The van der Waals surface area contributed by atoms with E-state index in [4.69, 9.17) is 4.42 Å². The van der Waals surface area contributed by atoms with Gasteiger partial charge in [-0.1, -0.05) is 30.3 Å². The molecule has 134 valence electrons. The Morgan fingerprint density at radius 2 is 1.96 bits per heavy atom. The third-order valence-electron chi connectivity index (χ3n) is 5.11. The molecular formula is C21H28N2O2. The van der Waals surface area contributed by atoms with Gasteiger partial charge in [-0.3, -0.25) is 9.69 Å². The lowest BCUT2D eigenvalue weighted by molar-refractivity contribution is -0.123. The fourth-order valence-electron chi connectivity index (χ4n) is 3.55. The van der Waals surface area contributed by atoms with Crippen molar-refractivity contribution < 1.29 is 9.21 Å². The third-order valence-corrected chi connectivity index (χ3v) is 5.11. The van der Waals surface area contributed by atoms with Crippen LogP contribution >= 0.6 is 0 Å². The summed E-state index contributed by atoms with van der Waals surface area (Å²) < 4.78 is 5.34. The Labute approximate surface area is 150 Å². The van der Waals surface area contributed by atoms with Gasteiger partial charge in [0.15, 0.2) is 0 Å². The van der Waals surface area contributed by atoms with Crippen molar-refractivity contribution in [3.8, 4) is 0 Å². The van der Waals surface area contributed by atoms with Gasteiger partial charge in [0, 0.05) is 0 Å². The molecule has 2 heterocycles. The maximum Gasteiger partial charge on any atom is 0.234 e. The van der Waals surface area contributed by atoms with Gasteiger partial charge >= 0.3 is 0 Å². The average Bonchev–Trinajstić information content (AvgIpc) is 3.17. The minimum absolute atomic E-state index is 0.0756. The van der Waals surface area contributed by atoms with Crippen LogP contribution in [0.15, 0.2) is 53.1 Å². The molecule has 1 aromatic heterocycles. The second-order valence-corrected chi connectivity index (χ2v) is 7.05. The molecule has 2 aromatic rings. The van der Waals surface area contributed by atoms with Gasteiger partial charge in [-0.15, -0.1) is 0 Å². The van der Waals surface area contributed by atoms with E-state index in [0.29, 0.717) is 6.54 Å². The summed E-state index contributed by atoms with van der Waals surface area (Å²) in [5, 5.41) is 3.01. The van der Waals surface area contributed by atoms with E-state index in [9.17, 15) is 4.79 Å². The lowest BCUT2D eigenvalue weighted by atomic mass is 9.90. The molecular weight excluding hydrogens is 312 g/mol. The highest BCUT2D eigenvalue weighted by atomic mass is 16.3. The van der Waals surface area contributed by atoms with Crippen molar-refractivity contribution in [2.24, 2.45) is 5.92 Å². The summed E-state index contributed by atoms with van der Waals surface area (Å²) in [5.41, 5.74) is 1.43. The summed E-state index contributed by atoms with van der Waals surface area (Å²) in [5.74, 6) is 1.65. The average molecular weight is 340 g/mol. The van der Waals surface area contributed by atoms with Gasteiger partial charge in [-0.2, -0.15) is 0 Å². The molecule has 0 saturated carbocycles. The molecule has 1 amide bonds. The van der Waals surface area contributed by atoms with Gasteiger partial charge in [0.1, 0.15) is 5.76 Å². The predicted molar refractivity (Wildman–Crippen MR) is 99.2 cm³/mol. The number of carbonyl (C=O) groups excluding carboxylic acids is 1. The van der Waals surface area contributed by atoms with Crippen molar-refractivity contribution in [3.63, 3.8) is 0 Å². The Morgan fingerprint density at radius 3 is 2.64 bits per heavy atom. The van der Waals surface area contributed by atoms with Crippen molar-refractivity contribution in [1.29, 1.82) is 0 Å². The zero-order valence-corrected chi connectivity index (χ0v) is 15.0. The van der Waals surface area contributed by atoms with Crippen LogP contribution in [0.4, 0.5) is 0 Å². The molecule has 1 aliphatic rings. The van der Waals surface area contributed by atoms with E-state index in [1.54, 1.807) is 6.26 Å². The quantitative estimate of drug-likeness (QED) is 0.834. The molecule has 4 nitrogen and oxygen atoms in total. The van der Waals surface area contributed by atoms with Gasteiger partial charge in [0.2, 0.25) is 5.91 Å². The summed E-state index contributed by atoms with van der Waals surface area (Å²) in [4.78, 5) is 14.5. The smallest absolute Gasteiger partial charge is 0.234 e. The van der Waals surface area contributed by atoms with Gasteiger partial charge < -0.3 is 9.73 Å². The van der Waals surface area contributed by atoms with Gasteiger partial charge in [0.05, 0.1) is 18.8 Å². The van der Waals surface area contributed by atoms with E-state index in [2.05, 4.69) is 40.5 Å². The number of benzene rings is 1. The maximum atomic E-state index is 12.2. The number of amides is 1. The standard InChI is InChI=1S/C21H28N2O2/c1-17(20-8-5-15-25-20)22-21(24)16-23-13-11-19(12-14-23)10-9-18-6-3-2-4-7-18/h2-8,15,17,19H,9-14,16H2,1H3,(H,22,24). The van der Waals surface area contributed by atoms with Gasteiger partial charge in [-0.25, -0.2) is 0 Å². The van der Waals surface area contributed by atoms with Crippen molar-refractivity contribution >= 4 is 5.91 Å². The lowest BCUT2D eigenvalue weighted by Gasteiger charge is -2.31. The fraction of sp³-hybridized carbons (Fsp3) is 0.476. The molecule has 0 spiro atoms. The third kappa shape index (κ3) is 5.46. The minimum atomic E-state index is -0.0779. The Hall–Kier alpha value is -2.07. The maximum absolute atomic E-state index is 12.2. The monoisotopic (exact) mass is 340 g/mol. The van der Waals surface area contributed by atoms with Crippen molar-refractivity contribution in [3.05, 3.63) is 60.1 Å². The van der Waals surface area contributed by atoms with E-state index >= 15 is 0 Å². The summed E-state index contributed by atoms with van der Waals surface area (Å²) in [7, 11) is 0. The molecule has 1 aromatic carbocycles. The van der Waals surface area contributed by atoms with Crippen LogP contribution in [0.5, 0.6) is 0 Å². The first kappa shape index (κ1) is 17.7. The van der Waals surface area contributed by atoms with Crippen molar-refractivity contribution in [2.75, 3.05) is 19.6 Å². The number of likely N-dealkylation sites (tertiary alicyclic amines) is 1. The highest BCUT2D eigenvalue weighted by molar-refractivity contribution is 5.78. The Bertz CT molecular complexity index is 631. The molecule has 4 heteroatoms. The summed E-state index contributed by atoms with van der Waals surface area (Å²) in [6.45, 7) is 4.47. The molecule has 1 N–H and O–H groups in total. The van der Waals surface area contributed by atoms with E-state index in [1.807, 2.05) is 19.1 Å². The number of rotatable bonds is 7. The normalized spacial score (nSPS) is 17.3. The van der Waals surface area contributed by atoms with Gasteiger partial charge in [0.25, 0.3) is 0 Å². The lowest BCUT2D eigenvalue weighted by Crippen LogP contribution is -2.42. The molecule has 3 rings (SSSR count). The molecule has 1 unspecified atom stereocenters. The predicted octanol–water partition coefficient (Wildman–Crippen LogP) is 3.80. The van der Waals surface area contributed by atoms with Crippen LogP contribution in [0.25, 0.3) is 0 Å². The van der Waals surface area contributed by atoms with Crippen molar-refractivity contribution in [1.82, 2.24) is 10.2 Å². The first-order valence-electron chi connectivity index (χ1n) is 9.30. The summed E-state index contributed by atoms with van der Waals surface area (Å²) in [6.07, 6.45) is 6.42. The molecule has 1 fully saturated rings. The van der Waals surface area contributed by atoms with Crippen molar-refractivity contribution in [2.45, 2.75) is 38.6 Å². The SMILES string of the molecule is CC(NC(=O)CN1CCC(CCc2ccccc2)CC1)c1ccco1. The first-order valence-corrected chi connectivity index (χ1v) is 9.30. The highest BCUT2D eigenvalue weighted by Gasteiger charge is 2.21. The molecule has 25 heavy (non-hydrogen) atoms. The second-order valence-electron chi connectivity index (χ2n) is 7.05. The Balaban J connectivity index is 1.35.